The van der Waals surface area contributed by atoms with Crippen LogP contribution in [0.2, 0.25) is 0 Å². The highest BCUT2D eigenvalue weighted by Crippen LogP contribution is 2.12. The normalized spacial score (nSPS) is 10.9. The Bertz CT molecular complexity index is 901. The summed E-state index contributed by atoms with van der Waals surface area (Å²) in [6.07, 6.45) is 4.55. The lowest BCUT2D eigenvalue weighted by atomic mass is 10.2. The largest absolute Gasteiger partial charge is 0.473 e. The third-order valence-corrected chi connectivity index (χ3v) is 4.99. The fraction of sp³-hybridized carbons (Fsp3) is 0.286. The van der Waals surface area contributed by atoms with Crippen LogP contribution in [0.5, 0.6) is 5.88 Å². The minimum atomic E-state index is 0. The van der Waals surface area contributed by atoms with Crippen LogP contribution in [0.25, 0.3) is 0 Å². The lowest BCUT2D eigenvalue weighted by Crippen LogP contribution is -2.37. The van der Waals surface area contributed by atoms with Crippen molar-refractivity contribution in [1.82, 2.24) is 20.6 Å². The summed E-state index contributed by atoms with van der Waals surface area (Å²) >= 11 is 1.73. The first-order valence-corrected chi connectivity index (χ1v) is 10.0. The number of hydrogen-bond donors (Lipinski definition) is 2. The maximum absolute atomic E-state index is 5.79. The summed E-state index contributed by atoms with van der Waals surface area (Å²) in [7, 11) is 1.77. The van der Waals surface area contributed by atoms with Crippen LogP contribution >= 0.6 is 35.3 Å². The third-order valence-electron chi connectivity index (χ3n) is 4.01. The van der Waals surface area contributed by atoms with Gasteiger partial charge in [0.25, 0.3) is 0 Å². The molecule has 3 rings (SSSR count). The van der Waals surface area contributed by atoms with Crippen LogP contribution in [0.15, 0.2) is 59.9 Å². The van der Waals surface area contributed by atoms with Crippen molar-refractivity contribution in [2.45, 2.75) is 26.5 Å². The number of nitrogens with zero attached hydrogens (tertiary/aromatic N) is 3. The Kier molecular flexibility index (Phi) is 9.85. The Hall–Kier alpha value is -2.20. The minimum absolute atomic E-state index is 0. The molecule has 154 valence electrons. The molecule has 0 saturated heterocycles. The van der Waals surface area contributed by atoms with Gasteiger partial charge in [0.1, 0.15) is 6.61 Å². The molecule has 0 saturated carbocycles. The average Bonchev–Trinajstić information content (AvgIpc) is 3.15. The maximum atomic E-state index is 5.79. The van der Waals surface area contributed by atoms with Gasteiger partial charge in [-0.25, -0.2) is 9.97 Å². The summed E-state index contributed by atoms with van der Waals surface area (Å²) in [5, 5.41) is 7.77. The van der Waals surface area contributed by atoms with E-state index in [2.05, 4.69) is 32.5 Å². The first-order chi connectivity index (χ1) is 13.7. The Balaban J connectivity index is 0.00000300. The molecule has 0 atom stereocenters. The number of aryl methyl sites for hydroxylation is 1. The van der Waals surface area contributed by atoms with Gasteiger partial charge in [0, 0.05) is 49.9 Å². The molecular formula is C21H26IN5OS. The van der Waals surface area contributed by atoms with Crippen molar-refractivity contribution >= 4 is 41.3 Å². The van der Waals surface area contributed by atoms with E-state index in [1.807, 2.05) is 48.7 Å². The van der Waals surface area contributed by atoms with Crippen LogP contribution in [0.1, 0.15) is 21.0 Å². The average molecular weight is 523 g/mol. The molecular weight excluding hydrogens is 497 g/mol. The fourth-order valence-electron chi connectivity index (χ4n) is 2.58. The number of pyridine rings is 1. The van der Waals surface area contributed by atoms with Crippen LogP contribution < -0.4 is 15.4 Å². The smallest absolute Gasteiger partial charge is 0.213 e. The molecule has 0 amide bonds. The van der Waals surface area contributed by atoms with Gasteiger partial charge in [0.05, 0.1) is 5.01 Å². The first kappa shape index (κ1) is 23.1. The highest BCUT2D eigenvalue weighted by molar-refractivity contribution is 14.0. The molecule has 2 N–H and O–H groups in total. The molecule has 2 heterocycles. The van der Waals surface area contributed by atoms with E-state index in [9.17, 15) is 0 Å². The second kappa shape index (κ2) is 12.4. The topological polar surface area (TPSA) is 71.4 Å². The zero-order valence-corrected chi connectivity index (χ0v) is 19.7. The second-order valence-electron chi connectivity index (χ2n) is 6.24. The van der Waals surface area contributed by atoms with Gasteiger partial charge in [0.15, 0.2) is 5.96 Å². The highest BCUT2D eigenvalue weighted by Gasteiger charge is 2.03. The molecule has 2 aromatic heterocycles. The van der Waals surface area contributed by atoms with E-state index < -0.39 is 0 Å². The summed E-state index contributed by atoms with van der Waals surface area (Å²) in [6, 6.07) is 14.0. The first-order valence-electron chi connectivity index (χ1n) is 9.20. The number of rotatable bonds is 8. The Morgan fingerprint density at radius 1 is 1.10 bits per heavy atom. The van der Waals surface area contributed by atoms with Crippen LogP contribution in [0, 0.1) is 6.92 Å². The Morgan fingerprint density at radius 3 is 2.66 bits per heavy atom. The van der Waals surface area contributed by atoms with Gasteiger partial charge in [-0.3, -0.25) is 4.99 Å². The summed E-state index contributed by atoms with van der Waals surface area (Å²) in [6.45, 7) is 4.00. The van der Waals surface area contributed by atoms with Gasteiger partial charge in [-0.1, -0.05) is 30.3 Å². The summed E-state index contributed by atoms with van der Waals surface area (Å²) in [4.78, 5) is 14.2. The van der Waals surface area contributed by atoms with E-state index in [1.165, 1.54) is 4.88 Å². The molecule has 0 unspecified atom stereocenters. The molecule has 0 spiro atoms. The molecule has 29 heavy (non-hydrogen) atoms. The molecule has 3 aromatic rings. The van der Waals surface area contributed by atoms with Crippen molar-refractivity contribution < 1.29 is 4.74 Å². The Labute approximate surface area is 192 Å². The minimum Gasteiger partial charge on any atom is -0.473 e. The number of benzene rings is 1. The van der Waals surface area contributed by atoms with Gasteiger partial charge in [-0.2, -0.15) is 0 Å². The number of guanidine groups is 1. The number of aliphatic imine (C=N–C) groups is 1. The summed E-state index contributed by atoms with van der Waals surface area (Å²) < 4.78 is 5.79. The van der Waals surface area contributed by atoms with Gasteiger partial charge >= 0.3 is 0 Å². The Morgan fingerprint density at radius 2 is 1.93 bits per heavy atom. The molecule has 8 heteroatoms. The van der Waals surface area contributed by atoms with Crippen molar-refractivity contribution in [2.75, 3.05) is 13.6 Å². The molecule has 0 aliphatic rings. The molecule has 0 fully saturated rings. The highest BCUT2D eigenvalue weighted by atomic mass is 127. The van der Waals surface area contributed by atoms with Crippen LogP contribution in [-0.4, -0.2) is 29.5 Å². The lowest BCUT2D eigenvalue weighted by Gasteiger charge is -2.12. The number of thiazole rings is 1. The zero-order chi connectivity index (χ0) is 19.6. The summed E-state index contributed by atoms with van der Waals surface area (Å²) in [5.41, 5.74) is 2.20. The van der Waals surface area contributed by atoms with E-state index in [1.54, 1.807) is 24.6 Å². The van der Waals surface area contributed by atoms with Crippen LogP contribution in [0.4, 0.5) is 0 Å². The van der Waals surface area contributed by atoms with Crippen molar-refractivity contribution in [1.29, 1.82) is 0 Å². The quantitative estimate of drug-likeness (QED) is 0.266. The number of nitrogens with one attached hydrogen (secondary N) is 2. The van der Waals surface area contributed by atoms with Gasteiger partial charge in [-0.05, 0) is 24.1 Å². The molecule has 1 aromatic carbocycles. The zero-order valence-electron chi connectivity index (χ0n) is 16.6. The SMILES string of the molecule is CN=C(NCCc1ncc(C)s1)NCc1ccnc(OCc2ccccc2)c1.I. The van der Waals surface area contributed by atoms with Crippen molar-refractivity contribution in [3.8, 4) is 5.88 Å². The maximum Gasteiger partial charge on any atom is 0.213 e. The van der Waals surface area contributed by atoms with Crippen molar-refractivity contribution in [2.24, 2.45) is 4.99 Å². The van der Waals surface area contributed by atoms with Crippen molar-refractivity contribution in [3.63, 3.8) is 0 Å². The number of ether oxygens (including phenoxy) is 1. The van der Waals surface area contributed by atoms with E-state index >= 15 is 0 Å². The third kappa shape index (κ3) is 7.98. The predicted molar refractivity (Wildman–Crippen MR) is 129 cm³/mol. The van der Waals surface area contributed by atoms with Gasteiger partial charge in [0.2, 0.25) is 5.88 Å². The molecule has 6 nitrogen and oxygen atoms in total. The van der Waals surface area contributed by atoms with Gasteiger partial charge < -0.3 is 15.4 Å². The number of aromatic nitrogens is 2. The molecule has 0 aliphatic heterocycles. The molecule has 0 radical (unpaired) electrons. The predicted octanol–water partition coefficient (Wildman–Crippen LogP) is 3.95. The number of hydrogen-bond acceptors (Lipinski definition) is 5. The molecule has 0 bridgehead atoms. The van der Waals surface area contributed by atoms with Crippen molar-refractivity contribution in [3.05, 3.63) is 75.9 Å². The van der Waals surface area contributed by atoms with E-state index in [4.69, 9.17) is 4.74 Å². The van der Waals surface area contributed by atoms with E-state index in [0.29, 0.717) is 19.0 Å². The van der Waals surface area contributed by atoms with Crippen LogP contribution in [0.3, 0.4) is 0 Å². The second-order valence-corrected chi connectivity index (χ2v) is 7.56. The van der Waals surface area contributed by atoms with Gasteiger partial charge in [-0.15, -0.1) is 35.3 Å². The standard InChI is InChI=1S/C21H25N5OS.HI/c1-16-13-25-20(28-16)9-11-24-21(22-2)26-14-18-8-10-23-19(12-18)27-15-17-6-4-3-5-7-17;/h3-8,10,12-13H,9,11,14-15H2,1-2H3,(H2,22,24,26);1H. The summed E-state index contributed by atoms with van der Waals surface area (Å²) in [5.74, 6) is 1.38. The lowest BCUT2D eigenvalue weighted by molar-refractivity contribution is 0.293. The number of halogens is 1. The fourth-order valence-corrected chi connectivity index (χ4v) is 3.37. The van der Waals surface area contributed by atoms with E-state index in [0.717, 1.165) is 35.1 Å². The van der Waals surface area contributed by atoms with E-state index in [-0.39, 0.29) is 24.0 Å². The monoisotopic (exact) mass is 523 g/mol. The molecule has 0 aliphatic carbocycles. The van der Waals surface area contributed by atoms with Crippen LogP contribution in [-0.2, 0) is 19.6 Å².